The van der Waals surface area contributed by atoms with Crippen molar-refractivity contribution in [2.75, 3.05) is 19.6 Å². The maximum Gasteiger partial charge on any atom is 0.327 e. The summed E-state index contributed by atoms with van der Waals surface area (Å²) in [4.78, 5) is 33.0. The molecule has 2 saturated heterocycles. The fourth-order valence-corrected chi connectivity index (χ4v) is 5.65. The Hall–Kier alpha value is -3.12. The molecule has 2 aromatic carbocycles. The zero-order valence-corrected chi connectivity index (χ0v) is 20.4. The second kappa shape index (κ2) is 8.91. The molecular weight excluding hydrogens is 424 g/mol. The Morgan fingerprint density at radius 3 is 2.29 bits per heavy atom. The molecule has 178 valence electrons. The van der Waals surface area contributed by atoms with E-state index in [9.17, 15) is 9.59 Å². The van der Waals surface area contributed by atoms with Crippen LogP contribution in [0.5, 0.6) is 0 Å². The smallest absolute Gasteiger partial charge is 0.327 e. The number of aromatic nitrogens is 1. The summed E-state index contributed by atoms with van der Waals surface area (Å²) in [6, 6.07) is 18.4. The monoisotopic (exact) mass is 458 g/mol. The molecule has 1 aromatic heterocycles. The van der Waals surface area contributed by atoms with E-state index in [1.54, 1.807) is 0 Å². The molecule has 3 aromatic rings. The van der Waals surface area contributed by atoms with Crippen LogP contribution in [0.25, 0.3) is 10.9 Å². The minimum atomic E-state index is -0.739. The number of fused-ring (bicyclic) bond motifs is 1. The molecule has 2 aliphatic heterocycles. The summed E-state index contributed by atoms with van der Waals surface area (Å²) in [5, 5.41) is 1.28. The topological polar surface area (TPSA) is 48.8 Å². The Balaban J connectivity index is 1.37. The number of aryl methyl sites for hydroxylation is 1. The van der Waals surface area contributed by atoms with Crippen molar-refractivity contribution in [1.29, 1.82) is 0 Å². The summed E-state index contributed by atoms with van der Waals surface area (Å²) >= 11 is 0. The van der Waals surface area contributed by atoms with Gasteiger partial charge < -0.3 is 9.47 Å². The molecule has 0 saturated carbocycles. The highest BCUT2D eigenvalue weighted by Gasteiger charge is 2.57. The third-order valence-corrected chi connectivity index (χ3v) is 7.41. The van der Waals surface area contributed by atoms with E-state index >= 15 is 0 Å². The fraction of sp³-hybridized carbons (Fsp3) is 0.429. The van der Waals surface area contributed by atoms with E-state index in [1.165, 1.54) is 21.4 Å². The molecule has 2 fully saturated rings. The molecule has 1 spiro atoms. The van der Waals surface area contributed by atoms with E-state index in [-0.39, 0.29) is 17.9 Å². The SMILES string of the molecule is CC(C)CN1C(=O)N(Cc2ccccc2)C2(CCN(Cc3cn(C)c4ccccc34)CC2)C1=O. The van der Waals surface area contributed by atoms with Crippen molar-refractivity contribution in [3.05, 3.63) is 71.9 Å². The van der Waals surface area contributed by atoms with Gasteiger partial charge in [0.2, 0.25) is 0 Å². The van der Waals surface area contributed by atoms with Gasteiger partial charge in [-0.05, 0) is 36.0 Å². The number of likely N-dealkylation sites (tertiary alicyclic amines) is 1. The van der Waals surface area contributed by atoms with E-state index in [1.807, 2.05) is 35.2 Å². The lowest BCUT2D eigenvalue weighted by atomic mass is 9.85. The average molecular weight is 459 g/mol. The van der Waals surface area contributed by atoms with Gasteiger partial charge in [-0.1, -0.05) is 62.4 Å². The molecule has 34 heavy (non-hydrogen) atoms. The van der Waals surface area contributed by atoms with Gasteiger partial charge in [-0.25, -0.2) is 4.79 Å². The molecule has 0 aliphatic carbocycles. The number of benzene rings is 2. The van der Waals surface area contributed by atoms with E-state index < -0.39 is 5.54 Å². The lowest BCUT2D eigenvalue weighted by molar-refractivity contribution is -0.136. The van der Waals surface area contributed by atoms with Gasteiger partial charge in [0.05, 0.1) is 0 Å². The molecule has 0 N–H and O–H groups in total. The molecule has 3 amide bonds. The quantitative estimate of drug-likeness (QED) is 0.506. The molecule has 6 nitrogen and oxygen atoms in total. The lowest BCUT2D eigenvalue weighted by Crippen LogP contribution is -2.56. The zero-order valence-electron chi connectivity index (χ0n) is 20.4. The minimum absolute atomic E-state index is 0.00746. The number of para-hydroxylation sites is 1. The number of rotatable bonds is 6. The van der Waals surface area contributed by atoms with E-state index in [4.69, 9.17) is 0 Å². The van der Waals surface area contributed by atoms with Crippen LogP contribution in [0.3, 0.4) is 0 Å². The van der Waals surface area contributed by atoms with Gasteiger partial charge in [0.1, 0.15) is 5.54 Å². The summed E-state index contributed by atoms with van der Waals surface area (Å²) in [5.74, 6) is 0.236. The lowest BCUT2D eigenvalue weighted by Gasteiger charge is -2.42. The van der Waals surface area contributed by atoms with Crippen molar-refractivity contribution in [2.45, 2.75) is 45.3 Å². The van der Waals surface area contributed by atoms with Gasteiger partial charge in [0, 0.05) is 56.9 Å². The van der Waals surface area contributed by atoms with Crippen LogP contribution in [-0.2, 0) is 24.9 Å². The minimum Gasteiger partial charge on any atom is -0.350 e. The van der Waals surface area contributed by atoms with Gasteiger partial charge in [-0.15, -0.1) is 0 Å². The Kier molecular flexibility index (Phi) is 5.94. The number of imide groups is 1. The highest BCUT2D eigenvalue weighted by molar-refractivity contribution is 6.07. The number of hydrogen-bond acceptors (Lipinski definition) is 3. The van der Waals surface area contributed by atoms with E-state index in [2.05, 4.69) is 60.8 Å². The van der Waals surface area contributed by atoms with Gasteiger partial charge in [0.15, 0.2) is 0 Å². The predicted octanol–water partition coefficient (Wildman–Crippen LogP) is 4.63. The third-order valence-electron chi connectivity index (χ3n) is 7.41. The summed E-state index contributed by atoms with van der Waals surface area (Å²) in [6.07, 6.45) is 3.55. The summed E-state index contributed by atoms with van der Waals surface area (Å²) in [6.45, 7) is 7.51. The largest absolute Gasteiger partial charge is 0.350 e. The molecule has 5 rings (SSSR count). The maximum absolute atomic E-state index is 13.7. The predicted molar refractivity (Wildman–Crippen MR) is 134 cm³/mol. The molecule has 3 heterocycles. The molecular formula is C28H34N4O2. The van der Waals surface area contributed by atoms with Crippen LogP contribution in [0.1, 0.15) is 37.8 Å². The number of piperidine rings is 1. The van der Waals surface area contributed by atoms with Crippen molar-refractivity contribution in [3.63, 3.8) is 0 Å². The number of nitrogens with zero attached hydrogens (tertiary/aromatic N) is 4. The first-order valence-corrected chi connectivity index (χ1v) is 12.3. The first-order chi connectivity index (χ1) is 16.4. The van der Waals surface area contributed by atoms with Crippen LogP contribution in [0, 0.1) is 5.92 Å². The third kappa shape index (κ3) is 3.90. The highest BCUT2D eigenvalue weighted by atomic mass is 16.2. The summed E-state index contributed by atoms with van der Waals surface area (Å²) < 4.78 is 2.18. The van der Waals surface area contributed by atoms with E-state index in [0.717, 1.165) is 25.2 Å². The molecule has 0 unspecified atom stereocenters. The summed E-state index contributed by atoms with van der Waals surface area (Å²) in [5.41, 5.74) is 2.87. The first kappa shape index (κ1) is 22.7. The molecule has 0 atom stereocenters. The van der Waals surface area contributed by atoms with Crippen LogP contribution in [-0.4, -0.2) is 56.4 Å². The standard InChI is InChI=1S/C28H34N4O2/c1-21(2)17-31-26(33)28(32(27(31)34)18-22-9-5-4-6-10-22)13-15-30(16-14-28)20-23-19-29(3)25-12-8-7-11-24(23)25/h4-12,19,21H,13-18,20H2,1-3H3. The van der Waals surface area contributed by atoms with Gasteiger partial charge in [0.25, 0.3) is 5.91 Å². The van der Waals surface area contributed by atoms with Crippen molar-refractivity contribution in [3.8, 4) is 0 Å². The van der Waals surface area contributed by atoms with Crippen LogP contribution in [0.4, 0.5) is 4.79 Å². The average Bonchev–Trinajstić information content (AvgIpc) is 3.24. The molecule has 2 aliphatic rings. The molecule has 0 bridgehead atoms. The van der Waals surface area contributed by atoms with E-state index in [0.29, 0.717) is 25.9 Å². The van der Waals surface area contributed by atoms with Crippen LogP contribution < -0.4 is 0 Å². The Bertz CT molecular complexity index is 1190. The highest BCUT2D eigenvalue weighted by Crippen LogP contribution is 2.39. The molecule has 0 radical (unpaired) electrons. The Labute approximate surface area is 201 Å². The van der Waals surface area contributed by atoms with Crippen molar-refractivity contribution in [1.82, 2.24) is 19.3 Å². The van der Waals surface area contributed by atoms with Crippen molar-refractivity contribution in [2.24, 2.45) is 13.0 Å². The van der Waals surface area contributed by atoms with Gasteiger partial charge >= 0.3 is 6.03 Å². The second-order valence-corrected chi connectivity index (χ2v) is 10.3. The van der Waals surface area contributed by atoms with Crippen LogP contribution in [0.2, 0.25) is 0 Å². The van der Waals surface area contributed by atoms with Gasteiger partial charge in [-0.3, -0.25) is 14.6 Å². The number of carbonyl (C=O) groups excluding carboxylic acids is 2. The first-order valence-electron chi connectivity index (χ1n) is 12.3. The number of urea groups is 1. The fourth-order valence-electron chi connectivity index (χ4n) is 5.65. The summed E-state index contributed by atoms with van der Waals surface area (Å²) in [7, 11) is 2.09. The molecule has 6 heteroatoms. The van der Waals surface area contributed by atoms with Crippen molar-refractivity contribution >= 4 is 22.8 Å². The maximum atomic E-state index is 13.7. The number of carbonyl (C=O) groups is 2. The Morgan fingerprint density at radius 2 is 1.59 bits per heavy atom. The number of amides is 3. The van der Waals surface area contributed by atoms with Crippen LogP contribution >= 0.6 is 0 Å². The van der Waals surface area contributed by atoms with Crippen molar-refractivity contribution < 1.29 is 9.59 Å². The van der Waals surface area contributed by atoms with Crippen LogP contribution in [0.15, 0.2) is 60.8 Å². The second-order valence-electron chi connectivity index (χ2n) is 10.3. The van der Waals surface area contributed by atoms with Gasteiger partial charge in [-0.2, -0.15) is 0 Å². The zero-order chi connectivity index (χ0) is 23.9. The normalized spacial score (nSPS) is 18.7. The Morgan fingerprint density at radius 1 is 0.912 bits per heavy atom. The number of hydrogen-bond donors (Lipinski definition) is 0.